The highest BCUT2D eigenvalue weighted by atomic mass is 35.5. The SMILES string of the molecule is Cl.N[C@@H](c1cc2c(cc1Cl)OCO2)C1CCC1. The largest absolute Gasteiger partial charge is 0.454 e. The molecular formula is C12H15Cl2NO2. The Balaban J connectivity index is 0.00000108. The van der Waals surface area contributed by atoms with Gasteiger partial charge in [0.15, 0.2) is 11.5 Å². The van der Waals surface area contributed by atoms with Gasteiger partial charge in [0.1, 0.15) is 0 Å². The number of halogens is 2. The van der Waals surface area contributed by atoms with Crippen molar-refractivity contribution in [1.29, 1.82) is 0 Å². The standard InChI is InChI=1S/C12H14ClNO2.ClH/c13-9-5-11-10(15-6-16-11)4-8(9)12(14)7-2-1-3-7;/h4-5,7,12H,1-3,6,14H2;1H/t12-;/m1./s1. The van der Waals surface area contributed by atoms with Crippen molar-refractivity contribution < 1.29 is 9.47 Å². The molecule has 0 unspecified atom stereocenters. The van der Waals surface area contributed by atoms with E-state index in [0.29, 0.717) is 10.9 Å². The summed E-state index contributed by atoms with van der Waals surface area (Å²) in [4.78, 5) is 0. The van der Waals surface area contributed by atoms with E-state index in [1.807, 2.05) is 6.07 Å². The minimum atomic E-state index is 0. The maximum absolute atomic E-state index is 6.21. The molecule has 3 nitrogen and oxygen atoms in total. The van der Waals surface area contributed by atoms with Crippen LogP contribution in [0.4, 0.5) is 0 Å². The number of nitrogens with two attached hydrogens (primary N) is 1. The Hall–Kier alpha value is -0.640. The van der Waals surface area contributed by atoms with E-state index in [2.05, 4.69) is 0 Å². The van der Waals surface area contributed by atoms with E-state index in [1.165, 1.54) is 19.3 Å². The summed E-state index contributed by atoms with van der Waals surface area (Å²) < 4.78 is 10.6. The van der Waals surface area contributed by atoms with Gasteiger partial charge in [-0.3, -0.25) is 0 Å². The monoisotopic (exact) mass is 275 g/mol. The predicted octanol–water partition coefficient (Wildman–Crippen LogP) is 3.29. The van der Waals surface area contributed by atoms with Gasteiger partial charge in [-0.2, -0.15) is 0 Å². The highest BCUT2D eigenvalue weighted by Gasteiger charge is 2.28. The van der Waals surface area contributed by atoms with Crippen molar-refractivity contribution in [2.45, 2.75) is 25.3 Å². The second kappa shape index (κ2) is 4.92. The lowest BCUT2D eigenvalue weighted by Gasteiger charge is -2.31. The molecule has 1 atom stereocenters. The summed E-state index contributed by atoms with van der Waals surface area (Å²) in [5.41, 5.74) is 7.20. The third-order valence-corrected chi connectivity index (χ3v) is 3.84. The zero-order valence-corrected chi connectivity index (χ0v) is 10.9. The number of hydrogen-bond donors (Lipinski definition) is 1. The van der Waals surface area contributed by atoms with Crippen LogP contribution in [0.5, 0.6) is 11.5 Å². The molecule has 1 heterocycles. The third-order valence-electron chi connectivity index (χ3n) is 3.51. The summed E-state index contributed by atoms with van der Waals surface area (Å²) in [7, 11) is 0. The van der Waals surface area contributed by atoms with E-state index in [4.69, 9.17) is 26.8 Å². The van der Waals surface area contributed by atoms with Crippen molar-refractivity contribution in [3.05, 3.63) is 22.7 Å². The van der Waals surface area contributed by atoms with Crippen LogP contribution in [-0.4, -0.2) is 6.79 Å². The van der Waals surface area contributed by atoms with E-state index in [-0.39, 0.29) is 25.2 Å². The molecule has 0 bridgehead atoms. The molecule has 1 aliphatic heterocycles. The predicted molar refractivity (Wildman–Crippen MR) is 69.1 cm³/mol. The fraction of sp³-hybridized carbons (Fsp3) is 0.500. The molecule has 1 aromatic rings. The molecular weight excluding hydrogens is 261 g/mol. The summed E-state index contributed by atoms with van der Waals surface area (Å²) in [6, 6.07) is 3.75. The molecule has 2 aliphatic rings. The van der Waals surface area contributed by atoms with Crippen molar-refractivity contribution in [2.75, 3.05) is 6.79 Å². The molecule has 94 valence electrons. The smallest absolute Gasteiger partial charge is 0.231 e. The average Bonchev–Trinajstić information content (AvgIpc) is 2.60. The van der Waals surface area contributed by atoms with Crippen molar-refractivity contribution in [3.8, 4) is 11.5 Å². The molecule has 17 heavy (non-hydrogen) atoms. The molecule has 0 aromatic heterocycles. The number of ether oxygens (including phenoxy) is 2. The molecule has 1 aromatic carbocycles. The Labute approximate surface area is 112 Å². The lowest BCUT2D eigenvalue weighted by molar-refractivity contribution is 0.174. The highest BCUT2D eigenvalue weighted by Crippen LogP contribution is 2.43. The van der Waals surface area contributed by atoms with Crippen molar-refractivity contribution in [2.24, 2.45) is 11.7 Å². The first-order chi connectivity index (χ1) is 7.75. The van der Waals surface area contributed by atoms with Gasteiger partial charge in [-0.1, -0.05) is 18.0 Å². The molecule has 2 N–H and O–H groups in total. The quantitative estimate of drug-likeness (QED) is 0.901. The summed E-state index contributed by atoms with van der Waals surface area (Å²) >= 11 is 6.21. The summed E-state index contributed by atoms with van der Waals surface area (Å²) in [6.07, 6.45) is 3.68. The Bertz CT molecular complexity index is 421. The van der Waals surface area contributed by atoms with E-state index in [1.54, 1.807) is 6.07 Å². The number of fused-ring (bicyclic) bond motifs is 1. The maximum atomic E-state index is 6.21. The van der Waals surface area contributed by atoms with Gasteiger partial charge in [-0.15, -0.1) is 12.4 Å². The minimum absolute atomic E-state index is 0. The van der Waals surface area contributed by atoms with E-state index in [0.717, 1.165) is 17.1 Å². The molecule has 1 saturated carbocycles. The molecule has 0 radical (unpaired) electrons. The van der Waals surface area contributed by atoms with Crippen LogP contribution in [0.25, 0.3) is 0 Å². The number of hydrogen-bond acceptors (Lipinski definition) is 3. The molecule has 0 amide bonds. The second-order valence-electron chi connectivity index (χ2n) is 4.44. The Morgan fingerprint density at radius 2 is 1.88 bits per heavy atom. The number of rotatable bonds is 2. The van der Waals surface area contributed by atoms with Crippen LogP contribution in [0.3, 0.4) is 0 Å². The van der Waals surface area contributed by atoms with Gasteiger partial charge < -0.3 is 15.2 Å². The summed E-state index contributed by atoms with van der Waals surface area (Å²) in [5.74, 6) is 2.04. The van der Waals surface area contributed by atoms with Crippen LogP contribution in [0, 0.1) is 5.92 Å². The second-order valence-corrected chi connectivity index (χ2v) is 4.85. The normalized spacial score (nSPS) is 19.4. The lowest BCUT2D eigenvalue weighted by atomic mass is 9.77. The van der Waals surface area contributed by atoms with Crippen LogP contribution in [0.2, 0.25) is 5.02 Å². The van der Waals surface area contributed by atoms with E-state index < -0.39 is 0 Å². The average molecular weight is 276 g/mol. The molecule has 3 rings (SSSR count). The maximum Gasteiger partial charge on any atom is 0.231 e. The van der Waals surface area contributed by atoms with Crippen LogP contribution >= 0.6 is 24.0 Å². The first-order valence-corrected chi connectivity index (χ1v) is 5.98. The highest BCUT2D eigenvalue weighted by molar-refractivity contribution is 6.31. The first-order valence-electron chi connectivity index (χ1n) is 5.60. The topological polar surface area (TPSA) is 44.5 Å². The summed E-state index contributed by atoms with van der Waals surface area (Å²) in [6.45, 7) is 0.272. The van der Waals surface area contributed by atoms with Gasteiger partial charge in [-0.05, 0) is 30.4 Å². The lowest BCUT2D eigenvalue weighted by Crippen LogP contribution is -2.27. The fourth-order valence-electron chi connectivity index (χ4n) is 2.24. The van der Waals surface area contributed by atoms with Gasteiger partial charge in [0.05, 0.1) is 0 Å². The van der Waals surface area contributed by atoms with Gasteiger partial charge >= 0.3 is 0 Å². The molecule has 5 heteroatoms. The minimum Gasteiger partial charge on any atom is -0.454 e. The third kappa shape index (κ3) is 2.19. The van der Waals surface area contributed by atoms with E-state index >= 15 is 0 Å². The Kier molecular flexibility index (Phi) is 3.71. The zero-order chi connectivity index (χ0) is 11.1. The summed E-state index contributed by atoms with van der Waals surface area (Å²) in [5, 5.41) is 0.684. The van der Waals surface area contributed by atoms with Crippen molar-refractivity contribution in [3.63, 3.8) is 0 Å². The van der Waals surface area contributed by atoms with Crippen LogP contribution in [0.1, 0.15) is 30.9 Å². The number of benzene rings is 1. The van der Waals surface area contributed by atoms with Gasteiger partial charge in [0.2, 0.25) is 6.79 Å². The van der Waals surface area contributed by atoms with Crippen molar-refractivity contribution in [1.82, 2.24) is 0 Å². The van der Waals surface area contributed by atoms with Crippen LogP contribution in [0.15, 0.2) is 12.1 Å². The molecule has 0 saturated heterocycles. The van der Waals surface area contributed by atoms with E-state index in [9.17, 15) is 0 Å². The van der Waals surface area contributed by atoms with Crippen LogP contribution in [-0.2, 0) is 0 Å². The fourth-order valence-corrected chi connectivity index (χ4v) is 2.52. The van der Waals surface area contributed by atoms with Gasteiger partial charge in [-0.25, -0.2) is 0 Å². The first kappa shape index (κ1) is 12.8. The zero-order valence-electron chi connectivity index (χ0n) is 9.32. The molecule has 0 spiro atoms. The molecule has 1 fully saturated rings. The van der Waals surface area contributed by atoms with Gasteiger partial charge in [0, 0.05) is 17.1 Å². The Morgan fingerprint density at radius 3 is 2.47 bits per heavy atom. The van der Waals surface area contributed by atoms with Gasteiger partial charge in [0.25, 0.3) is 0 Å². The van der Waals surface area contributed by atoms with Crippen molar-refractivity contribution >= 4 is 24.0 Å². The van der Waals surface area contributed by atoms with Crippen LogP contribution < -0.4 is 15.2 Å². The Morgan fingerprint density at radius 1 is 1.24 bits per heavy atom. The molecule has 1 aliphatic carbocycles.